The molecule has 26 heavy (non-hydrogen) atoms. The van der Waals surface area contributed by atoms with Crippen LogP contribution in [0.2, 0.25) is 0 Å². The second-order valence-corrected chi connectivity index (χ2v) is 7.07. The zero-order valence-corrected chi connectivity index (χ0v) is 15.6. The molecule has 3 nitrogen and oxygen atoms in total. The van der Waals surface area contributed by atoms with Gasteiger partial charge in [0.15, 0.2) is 11.6 Å². The van der Waals surface area contributed by atoms with Crippen molar-refractivity contribution in [1.82, 2.24) is 0 Å². The van der Waals surface area contributed by atoms with Gasteiger partial charge in [0, 0.05) is 11.5 Å². The summed E-state index contributed by atoms with van der Waals surface area (Å²) in [7, 11) is 0. The van der Waals surface area contributed by atoms with Crippen molar-refractivity contribution in [1.29, 1.82) is 0 Å². The SMILES string of the molecule is CCCC1CCC(C2CC=C(c3ccc(OCC)c(F)c3F)CO2)CO1. The van der Waals surface area contributed by atoms with Crippen LogP contribution in [0.5, 0.6) is 5.75 Å². The highest BCUT2D eigenvalue weighted by Gasteiger charge is 2.30. The molecule has 3 unspecified atom stereocenters. The van der Waals surface area contributed by atoms with Gasteiger partial charge in [-0.2, -0.15) is 4.39 Å². The van der Waals surface area contributed by atoms with Crippen LogP contribution in [0.15, 0.2) is 18.2 Å². The molecule has 2 aliphatic rings. The number of hydrogen-bond donors (Lipinski definition) is 0. The number of rotatable bonds is 6. The van der Waals surface area contributed by atoms with Crippen LogP contribution in [0.25, 0.3) is 5.57 Å². The molecule has 5 heteroatoms. The zero-order chi connectivity index (χ0) is 18.5. The fourth-order valence-electron chi connectivity index (χ4n) is 3.81. The molecule has 0 N–H and O–H groups in total. The van der Waals surface area contributed by atoms with Crippen molar-refractivity contribution in [3.05, 3.63) is 35.4 Å². The standard InChI is InChI=1S/C21H28F2O3/c1-3-5-16-8-6-15(13-25-16)18-10-7-14(12-26-18)17-9-11-19(24-4-2)21(23)20(17)22/h7,9,11,15-16,18H,3-6,8,10,12-13H2,1-2H3. The maximum atomic E-state index is 14.4. The van der Waals surface area contributed by atoms with Gasteiger partial charge < -0.3 is 14.2 Å². The molecule has 0 saturated carbocycles. The Balaban J connectivity index is 1.62. The lowest BCUT2D eigenvalue weighted by molar-refractivity contribution is -0.0742. The summed E-state index contributed by atoms with van der Waals surface area (Å²) in [6, 6.07) is 3.05. The van der Waals surface area contributed by atoms with Crippen LogP contribution in [0.3, 0.4) is 0 Å². The Bertz CT molecular complexity index is 636. The first-order valence-electron chi connectivity index (χ1n) is 9.67. The highest BCUT2D eigenvalue weighted by atomic mass is 19.2. The Labute approximate surface area is 154 Å². The molecule has 1 saturated heterocycles. The summed E-state index contributed by atoms with van der Waals surface area (Å²) in [4.78, 5) is 0. The molecule has 3 atom stereocenters. The van der Waals surface area contributed by atoms with Crippen molar-refractivity contribution in [2.75, 3.05) is 19.8 Å². The van der Waals surface area contributed by atoms with E-state index < -0.39 is 11.6 Å². The number of benzene rings is 1. The molecule has 3 rings (SSSR count). The third-order valence-electron chi connectivity index (χ3n) is 5.28. The molecule has 0 amide bonds. The van der Waals surface area contributed by atoms with Gasteiger partial charge in [0.05, 0.1) is 32.0 Å². The quantitative estimate of drug-likeness (QED) is 0.698. The van der Waals surface area contributed by atoms with Crippen LogP contribution in [0.1, 0.15) is 51.5 Å². The molecule has 1 fully saturated rings. The number of halogens is 2. The van der Waals surface area contributed by atoms with Crippen LogP contribution in [-0.4, -0.2) is 32.0 Å². The first-order chi connectivity index (χ1) is 12.6. The lowest BCUT2D eigenvalue weighted by atomic mass is 9.88. The highest BCUT2D eigenvalue weighted by Crippen LogP contribution is 2.33. The van der Waals surface area contributed by atoms with Gasteiger partial charge in [-0.15, -0.1) is 0 Å². The normalized spacial score (nSPS) is 26.5. The van der Waals surface area contributed by atoms with Gasteiger partial charge >= 0.3 is 0 Å². The van der Waals surface area contributed by atoms with Crippen molar-refractivity contribution < 1.29 is 23.0 Å². The summed E-state index contributed by atoms with van der Waals surface area (Å²) in [6.45, 7) is 5.23. The van der Waals surface area contributed by atoms with Crippen LogP contribution in [-0.2, 0) is 9.47 Å². The second kappa shape index (κ2) is 8.96. The van der Waals surface area contributed by atoms with Crippen LogP contribution < -0.4 is 4.74 Å². The van der Waals surface area contributed by atoms with Gasteiger partial charge in [-0.25, -0.2) is 4.39 Å². The third-order valence-corrected chi connectivity index (χ3v) is 5.28. The summed E-state index contributed by atoms with van der Waals surface area (Å²) < 4.78 is 45.5. The van der Waals surface area contributed by atoms with Crippen molar-refractivity contribution >= 4 is 5.57 Å². The van der Waals surface area contributed by atoms with Gasteiger partial charge in [0.25, 0.3) is 0 Å². The summed E-state index contributed by atoms with van der Waals surface area (Å²) in [5.74, 6) is -1.48. The van der Waals surface area contributed by atoms with E-state index in [2.05, 4.69) is 6.92 Å². The van der Waals surface area contributed by atoms with E-state index in [0.717, 1.165) is 32.3 Å². The molecule has 0 aromatic heterocycles. The van der Waals surface area contributed by atoms with Gasteiger partial charge in [-0.05, 0) is 50.3 Å². The summed E-state index contributed by atoms with van der Waals surface area (Å²) in [6.07, 6.45) is 7.60. The predicted molar refractivity (Wildman–Crippen MR) is 97.2 cm³/mol. The van der Waals surface area contributed by atoms with Crippen LogP contribution in [0.4, 0.5) is 8.78 Å². The average molecular weight is 366 g/mol. The second-order valence-electron chi connectivity index (χ2n) is 7.07. The summed E-state index contributed by atoms with van der Waals surface area (Å²) in [5, 5.41) is 0. The van der Waals surface area contributed by atoms with E-state index in [0.29, 0.717) is 37.2 Å². The summed E-state index contributed by atoms with van der Waals surface area (Å²) >= 11 is 0. The molecule has 2 aliphatic heterocycles. The Hall–Kier alpha value is -1.46. The van der Waals surface area contributed by atoms with Crippen molar-refractivity contribution in [2.24, 2.45) is 5.92 Å². The maximum absolute atomic E-state index is 14.4. The van der Waals surface area contributed by atoms with Gasteiger partial charge in [-0.3, -0.25) is 0 Å². The Morgan fingerprint density at radius 1 is 1.12 bits per heavy atom. The molecule has 0 spiro atoms. The van der Waals surface area contributed by atoms with Crippen molar-refractivity contribution in [3.8, 4) is 5.75 Å². The van der Waals surface area contributed by atoms with Gasteiger partial charge in [0.1, 0.15) is 0 Å². The van der Waals surface area contributed by atoms with E-state index in [9.17, 15) is 8.78 Å². The van der Waals surface area contributed by atoms with Crippen molar-refractivity contribution in [3.63, 3.8) is 0 Å². The minimum atomic E-state index is -0.935. The maximum Gasteiger partial charge on any atom is 0.201 e. The molecule has 2 heterocycles. The Kier molecular flexibility index (Phi) is 6.65. The molecule has 144 valence electrons. The van der Waals surface area contributed by atoms with E-state index in [4.69, 9.17) is 14.2 Å². The van der Waals surface area contributed by atoms with E-state index in [1.165, 1.54) is 6.07 Å². The monoisotopic (exact) mass is 366 g/mol. The molecule has 1 aromatic rings. The first-order valence-corrected chi connectivity index (χ1v) is 9.67. The molecule has 0 radical (unpaired) electrons. The molecular formula is C21H28F2O3. The number of ether oxygens (including phenoxy) is 3. The van der Waals surface area contributed by atoms with E-state index in [1.54, 1.807) is 13.0 Å². The summed E-state index contributed by atoms with van der Waals surface area (Å²) in [5.41, 5.74) is 0.952. The minimum absolute atomic E-state index is 0.0510. The predicted octanol–water partition coefficient (Wildman–Crippen LogP) is 5.13. The van der Waals surface area contributed by atoms with Crippen LogP contribution >= 0.6 is 0 Å². The van der Waals surface area contributed by atoms with Gasteiger partial charge in [0.2, 0.25) is 5.82 Å². The minimum Gasteiger partial charge on any atom is -0.491 e. The zero-order valence-electron chi connectivity index (χ0n) is 15.6. The smallest absolute Gasteiger partial charge is 0.201 e. The molecule has 0 aliphatic carbocycles. The first kappa shape index (κ1) is 19.3. The Morgan fingerprint density at radius 2 is 1.96 bits per heavy atom. The highest BCUT2D eigenvalue weighted by molar-refractivity contribution is 5.68. The van der Waals surface area contributed by atoms with E-state index in [1.807, 2.05) is 6.08 Å². The fraction of sp³-hybridized carbons (Fsp3) is 0.619. The average Bonchev–Trinajstić information content (AvgIpc) is 2.67. The van der Waals surface area contributed by atoms with Gasteiger partial charge in [-0.1, -0.05) is 19.4 Å². The largest absolute Gasteiger partial charge is 0.491 e. The molecular weight excluding hydrogens is 338 g/mol. The number of hydrogen-bond acceptors (Lipinski definition) is 3. The topological polar surface area (TPSA) is 27.7 Å². The lowest BCUT2D eigenvalue weighted by Gasteiger charge is -2.35. The van der Waals surface area contributed by atoms with E-state index >= 15 is 0 Å². The van der Waals surface area contributed by atoms with Crippen molar-refractivity contribution in [2.45, 2.75) is 58.2 Å². The molecule has 1 aromatic carbocycles. The lowest BCUT2D eigenvalue weighted by Crippen LogP contribution is -2.36. The molecule has 0 bridgehead atoms. The third kappa shape index (κ3) is 4.26. The Morgan fingerprint density at radius 3 is 2.58 bits per heavy atom. The van der Waals surface area contributed by atoms with E-state index in [-0.39, 0.29) is 17.4 Å². The fourth-order valence-corrected chi connectivity index (χ4v) is 3.81. The van der Waals surface area contributed by atoms with Crippen LogP contribution in [0, 0.1) is 17.6 Å².